The van der Waals surface area contributed by atoms with Gasteiger partial charge < -0.3 is 15.3 Å². The van der Waals surface area contributed by atoms with E-state index in [2.05, 4.69) is 24.1 Å². The fourth-order valence-electron chi connectivity index (χ4n) is 1.93. The molecule has 0 saturated carbocycles. The lowest BCUT2D eigenvalue weighted by Gasteiger charge is -2.22. The molecule has 0 bridgehead atoms. The van der Waals surface area contributed by atoms with E-state index in [1.807, 2.05) is 6.07 Å². The molecule has 1 aromatic heterocycles. The highest BCUT2D eigenvalue weighted by Gasteiger charge is 2.18. The quantitative estimate of drug-likeness (QED) is 0.727. The lowest BCUT2D eigenvalue weighted by Crippen LogP contribution is -2.35. The van der Waals surface area contributed by atoms with E-state index in [4.69, 9.17) is 5.11 Å². The molecule has 0 spiro atoms. The molecule has 5 heteroatoms. The zero-order chi connectivity index (χ0) is 14.8. The fourth-order valence-corrected chi connectivity index (χ4v) is 1.93. The normalized spacial score (nSPS) is 10.3. The fraction of sp³-hybridized carbons (Fsp3) is 0.600. The molecule has 5 nitrogen and oxygen atoms in total. The molecule has 0 aromatic carbocycles. The van der Waals surface area contributed by atoms with Gasteiger partial charge in [0.2, 0.25) is 0 Å². The Balaban J connectivity index is 2.86. The van der Waals surface area contributed by atoms with Crippen LogP contribution in [0.3, 0.4) is 0 Å². The second kappa shape index (κ2) is 9.31. The number of hydrogen-bond acceptors (Lipinski definition) is 4. The predicted molar refractivity (Wildman–Crippen MR) is 80.9 cm³/mol. The Morgan fingerprint density at radius 3 is 2.80 bits per heavy atom. The van der Waals surface area contributed by atoms with Crippen LogP contribution in [0, 0.1) is 0 Å². The van der Waals surface area contributed by atoms with Crippen molar-refractivity contribution in [3.05, 3.63) is 24.0 Å². The van der Waals surface area contributed by atoms with Gasteiger partial charge in [-0.3, -0.25) is 9.78 Å². The van der Waals surface area contributed by atoms with E-state index in [0.717, 1.165) is 31.5 Å². The first-order valence-corrected chi connectivity index (χ1v) is 7.32. The van der Waals surface area contributed by atoms with E-state index < -0.39 is 0 Å². The number of nitrogens with zero attached hydrogens (tertiary/aromatic N) is 2. The summed E-state index contributed by atoms with van der Waals surface area (Å²) in [5.74, 6) is -0.0702. The Morgan fingerprint density at radius 1 is 1.35 bits per heavy atom. The summed E-state index contributed by atoms with van der Waals surface area (Å²) in [6.45, 7) is 5.99. The van der Waals surface area contributed by atoms with Gasteiger partial charge in [-0.15, -0.1) is 0 Å². The highest BCUT2D eigenvalue weighted by molar-refractivity contribution is 5.99. The van der Waals surface area contributed by atoms with Crippen molar-refractivity contribution in [2.24, 2.45) is 0 Å². The smallest absolute Gasteiger partial charge is 0.257 e. The van der Waals surface area contributed by atoms with Gasteiger partial charge in [0.05, 0.1) is 17.9 Å². The van der Waals surface area contributed by atoms with E-state index in [0.29, 0.717) is 18.7 Å². The van der Waals surface area contributed by atoms with E-state index in [9.17, 15) is 4.79 Å². The summed E-state index contributed by atoms with van der Waals surface area (Å²) < 4.78 is 0. The predicted octanol–water partition coefficient (Wildman–Crippen LogP) is 2.14. The van der Waals surface area contributed by atoms with Crippen molar-refractivity contribution < 1.29 is 9.90 Å². The van der Waals surface area contributed by atoms with E-state index >= 15 is 0 Å². The van der Waals surface area contributed by atoms with Crippen molar-refractivity contribution in [2.45, 2.75) is 33.1 Å². The van der Waals surface area contributed by atoms with Crippen LogP contribution in [0.15, 0.2) is 18.5 Å². The second-order valence-electron chi connectivity index (χ2n) is 4.72. The van der Waals surface area contributed by atoms with Gasteiger partial charge in [0, 0.05) is 32.0 Å². The van der Waals surface area contributed by atoms with Gasteiger partial charge in [-0.05, 0) is 18.9 Å². The number of nitrogens with one attached hydrogen (secondary N) is 1. The van der Waals surface area contributed by atoms with Crippen LogP contribution in [0.2, 0.25) is 0 Å². The van der Waals surface area contributed by atoms with Crippen molar-refractivity contribution in [3.8, 4) is 0 Å². The summed E-state index contributed by atoms with van der Waals surface area (Å²) in [6, 6.07) is 1.82. The molecule has 0 saturated heterocycles. The minimum Gasteiger partial charge on any atom is -0.395 e. The largest absolute Gasteiger partial charge is 0.395 e. The monoisotopic (exact) mass is 279 g/mol. The number of aromatic nitrogens is 1. The van der Waals surface area contributed by atoms with Crippen molar-refractivity contribution in [1.29, 1.82) is 0 Å². The lowest BCUT2D eigenvalue weighted by atomic mass is 10.2. The number of aliphatic hydroxyl groups is 1. The van der Waals surface area contributed by atoms with Crippen LogP contribution in [0.1, 0.15) is 43.5 Å². The van der Waals surface area contributed by atoms with Crippen molar-refractivity contribution in [1.82, 2.24) is 9.88 Å². The molecule has 0 atom stereocenters. The minimum atomic E-state index is -0.0702. The molecule has 1 amide bonds. The highest BCUT2D eigenvalue weighted by atomic mass is 16.3. The van der Waals surface area contributed by atoms with Crippen LogP contribution in [-0.4, -0.2) is 47.1 Å². The molecule has 0 radical (unpaired) electrons. The summed E-state index contributed by atoms with van der Waals surface area (Å²) in [6.07, 6.45) is 6.22. The number of aliphatic hydroxyl groups excluding tert-OH is 1. The van der Waals surface area contributed by atoms with Gasteiger partial charge in [0.15, 0.2) is 0 Å². The van der Waals surface area contributed by atoms with Gasteiger partial charge in [-0.1, -0.05) is 20.3 Å². The maximum Gasteiger partial charge on any atom is 0.257 e. The Labute approximate surface area is 121 Å². The maximum atomic E-state index is 12.6. The molecule has 20 heavy (non-hydrogen) atoms. The molecule has 112 valence electrons. The SMILES string of the molecule is CCCCN(CCO)C(=O)c1cnccc1NCCC. The molecule has 0 aliphatic heterocycles. The molecule has 1 rings (SSSR count). The Bertz CT molecular complexity index is 410. The average Bonchev–Trinajstić information content (AvgIpc) is 2.49. The van der Waals surface area contributed by atoms with E-state index in [1.165, 1.54) is 0 Å². The molecule has 1 heterocycles. The first-order chi connectivity index (χ1) is 9.74. The number of pyridine rings is 1. The number of carbonyl (C=O) groups excluding carboxylic acids is 1. The third-order valence-electron chi connectivity index (χ3n) is 3.06. The Kier molecular flexibility index (Phi) is 7.65. The molecule has 0 fully saturated rings. The molecular weight excluding hydrogens is 254 g/mol. The average molecular weight is 279 g/mol. The van der Waals surface area contributed by atoms with Crippen LogP contribution >= 0.6 is 0 Å². The summed E-state index contributed by atoms with van der Waals surface area (Å²) >= 11 is 0. The van der Waals surface area contributed by atoms with Crippen molar-refractivity contribution in [3.63, 3.8) is 0 Å². The molecule has 0 aliphatic carbocycles. The van der Waals surface area contributed by atoms with Gasteiger partial charge >= 0.3 is 0 Å². The minimum absolute atomic E-state index is 0.0204. The molecule has 0 unspecified atom stereocenters. The van der Waals surface area contributed by atoms with E-state index in [-0.39, 0.29) is 12.5 Å². The summed E-state index contributed by atoms with van der Waals surface area (Å²) in [5, 5.41) is 12.4. The standard InChI is InChI=1S/C15H25N3O2/c1-3-5-9-18(10-11-19)15(20)13-12-16-8-6-14(13)17-7-4-2/h6,8,12,19H,3-5,7,9-11H2,1-2H3,(H,16,17). The molecule has 2 N–H and O–H groups in total. The van der Waals surface area contributed by atoms with Crippen LogP contribution in [0.4, 0.5) is 5.69 Å². The highest BCUT2D eigenvalue weighted by Crippen LogP contribution is 2.16. The number of hydrogen-bond donors (Lipinski definition) is 2. The van der Waals surface area contributed by atoms with Crippen LogP contribution in [-0.2, 0) is 0 Å². The van der Waals surface area contributed by atoms with Crippen molar-refractivity contribution >= 4 is 11.6 Å². The lowest BCUT2D eigenvalue weighted by molar-refractivity contribution is 0.0720. The van der Waals surface area contributed by atoms with Crippen LogP contribution in [0.25, 0.3) is 0 Å². The number of unbranched alkanes of at least 4 members (excludes halogenated alkanes) is 1. The number of anilines is 1. The molecular formula is C15H25N3O2. The van der Waals surface area contributed by atoms with Crippen LogP contribution in [0.5, 0.6) is 0 Å². The summed E-state index contributed by atoms with van der Waals surface area (Å²) in [4.78, 5) is 18.3. The Morgan fingerprint density at radius 2 is 2.15 bits per heavy atom. The van der Waals surface area contributed by atoms with Crippen LogP contribution < -0.4 is 5.32 Å². The molecule has 0 aliphatic rings. The topological polar surface area (TPSA) is 65.5 Å². The van der Waals surface area contributed by atoms with E-state index in [1.54, 1.807) is 17.3 Å². The zero-order valence-corrected chi connectivity index (χ0v) is 12.4. The number of carbonyl (C=O) groups is 1. The Hall–Kier alpha value is -1.62. The maximum absolute atomic E-state index is 12.6. The second-order valence-corrected chi connectivity index (χ2v) is 4.72. The first kappa shape index (κ1) is 16.4. The van der Waals surface area contributed by atoms with Gasteiger partial charge in [-0.2, -0.15) is 0 Å². The zero-order valence-electron chi connectivity index (χ0n) is 12.4. The molecule has 1 aromatic rings. The third kappa shape index (κ3) is 4.81. The van der Waals surface area contributed by atoms with Gasteiger partial charge in [0.25, 0.3) is 5.91 Å². The van der Waals surface area contributed by atoms with Crippen molar-refractivity contribution in [2.75, 3.05) is 31.6 Å². The van der Waals surface area contributed by atoms with Gasteiger partial charge in [0.1, 0.15) is 0 Å². The number of rotatable bonds is 9. The summed E-state index contributed by atoms with van der Waals surface area (Å²) in [7, 11) is 0. The first-order valence-electron chi connectivity index (χ1n) is 7.32. The summed E-state index contributed by atoms with van der Waals surface area (Å²) in [5.41, 5.74) is 1.39. The number of amides is 1. The van der Waals surface area contributed by atoms with Gasteiger partial charge in [-0.25, -0.2) is 0 Å². The third-order valence-corrected chi connectivity index (χ3v) is 3.06.